The van der Waals surface area contributed by atoms with Gasteiger partial charge < -0.3 is 9.47 Å². The van der Waals surface area contributed by atoms with Crippen LogP contribution in [-0.4, -0.2) is 51.6 Å². The summed E-state index contributed by atoms with van der Waals surface area (Å²) >= 11 is 0. The Bertz CT molecular complexity index is 638. The molecule has 1 aliphatic carbocycles. The summed E-state index contributed by atoms with van der Waals surface area (Å²) in [5.41, 5.74) is 9.08. The molecular weight excluding hydrogens is 350 g/mol. The van der Waals surface area contributed by atoms with Gasteiger partial charge in [0.1, 0.15) is 12.2 Å². The summed E-state index contributed by atoms with van der Waals surface area (Å²) in [6, 6.07) is -0.900. The van der Waals surface area contributed by atoms with Gasteiger partial charge in [-0.15, -0.1) is 0 Å². The fraction of sp³-hybridized carbons (Fsp3) is 0.800. The summed E-state index contributed by atoms with van der Waals surface area (Å²) in [7, 11) is -3.81. The highest BCUT2D eigenvalue weighted by Gasteiger charge is 2.39. The molecule has 0 amide bonds. The highest BCUT2D eigenvalue weighted by atomic mass is 32.2. The Morgan fingerprint density at radius 2 is 2.04 bits per heavy atom. The van der Waals surface area contributed by atoms with E-state index >= 15 is 0 Å². The number of hydrogen-bond acceptors (Lipinski definition) is 7. The van der Waals surface area contributed by atoms with Gasteiger partial charge in [-0.1, -0.05) is 19.0 Å². The Morgan fingerprint density at radius 3 is 2.52 bits per heavy atom. The minimum atomic E-state index is -3.81. The molecule has 0 saturated heterocycles. The molecule has 0 saturated carbocycles. The molecule has 0 radical (unpaired) electrons. The lowest BCUT2D eigenvalue weighted by Crippen LogP contribution is -2.45. The van der Waals surface area contributed by atoms with Crippen molar-refractivity contribution in [1.29, 1.82) is 0 Å². The molecule has 10 heteroatoms. The normalized spacial score (nSPS) is 23.7. The Morgan fingerprint density at radius 1 is 1.40 bits per heavy atom. The molecule has 25 heavy (non-hydrogen) atoms. The Kier molecular flexibility index (Phi) is 8.37. The molecule has 0 heterocycles. The van der Waals surface area contributed by atoms with Gasteiger partial charge in [-0.05, 0) is 37.8 Å². The van der Waals surface area contributed by atoms with Crippen molar-refractivity contribution >= 4 is 16.1 Å². The van der Waals surface area contributed by atoms with E-state index in [4.69, 9.17) is 19.2 Å². The molecule has 0 N–H and O–H groups in total. The summed E-state index contributed by atoms with van der Waals surface area (Å²) in [6.45, 7) is 5.75. The van der Waals surface area contributed by atoms with Crippen LogP contribution in [0.5, 0.6) is 0 Å². The van der Waals surface area contributed by atoms with E-state index in [1.807, 2.05) is 13.8 Å². The minimum absolute atomic E-state index is 0.0197. The molecule has 0 aromatic rings. The number of rotatable bonds is 9. The number of ether oxygens (including phenoxy) is 2. The first-order valence-electron chi connectivity index (χ1n) is 8.21. The number of azide groups is 1. The molecule has 0 spiro atoms. The molecule has 0 unspecified atom stereocenters. The van der Waals surface area contributed by atoms with Crippen LogP contribution in [0, 0.1) is 0 Å². The summed E-state index contributed by atoms with van der Waals surface area (Å²) in [4.78, 5) is 14.8. The lowest BCUT2D eigenvalue weighted by atomic mass is 9.90. The average molecular weight is 375 g/mol. The highest BCUT2D eigenvalue weighted by Crippen LogP contribution is 2.29. The van der Waals surface area contributed by atoms with E-state index in [0.717, 1.165) is 6.26 Å². The summed E-state index contributed by atoms with van der Waals surface area (Å²) in [5.74, 6) is -0.545. The monoisotopic (exact) mass is 375 g/mol. The quantitative estimate of drug-likeness (QED) is 0.200. The van der Waals surface area contributed by atoms with Crippen LogP contribution >= 0.6 is 0 Å². The minimum Gasteiger partial charge on any atom is -0.463 e. The van der Waals surface area contributed by atoms with Gasteiger partial charge in [0.15, 0.2) is 0 Å². The van der Waals surface area contributed by atoms with Gasteiger partial charge in [0.25, 0.3) is 10.1 Å². The predicted octanol–water partition coefficient (Wildman–Crippen LogP) is 2.48. The molecule has 0 aliphatic heterocycles. The van der Waals surface area contributed by atoms with Crippen LogP contribution in [0.2, 0.25) is 0 Å². The molecule has 142 valence electrons. The van der Waals surface area contributed by atoms with Gasteiger partial charge >= 0.3 is 5.97 Å². The maximum atomic E-state index is 12.1. The van der Waals surface area contributed by atoms with E-state index < -0.39 is 34.3 Å². The molecule has 0 bridgehead atoms. The van der Waals surface area contributed by atoms with Crippen molar-refractivity contribution in [1.82, 2.24) is 0 Å². The fourth-order valence-electron chi connectivity index (χ4n) is 2.61. The molecule has 0 aromatic carbocycles. The summed E-state index contributed by atoms with van der Waals surface area (Å²) in [5, 5.41) is 3.61. The van der Waals surface area contributed by atoms with Crippen LogP contribution in [0.1, 0.15) is 40.0 Å². The third kappa shape index (κ3) is 6.66. The first-order chi connectivity index (χ1) is 11.8. The summed E-state index contributed by atoms with van der Waals surface area (Å²) in [6.07, 6.45) is 1.81. The largest absolute Gasteiger partial charge is 0.463 e. The van der Waals surface area contributed by atoms with Crippen molar-refractivity contribution in [3.05, 3.63) is 22.1 Å². The van der Waals surface area contributed by atoms with Crippen LogP contribution in [0.4, 0.5) is 0 Å². The van der Waals surface area contributed by atoms with E-state index in [0.29, 0.717) is 12.8 Å². The molecule has 9 nitrogen and oxygen atoms in total. The number of carbonyl (C=O) groups excluding carboxylic acids is 1. The first-order valence-corrected chi connectivity index (χ1v) is 10.0. The van der Waals surface area contributed by atoms with Crippen LogP contribution in [0.3, 0.4) is 0 Å². The Hall–Kier alpha value is -1.61. The fourth-order valence-corrected chi connectivity index (χ4v) is 3.25. The number of carbonyl (C=O) groups is 1. The molecule has 1 rings (SSSR count). The molecular formula is C15H25N3O6S. The Labute approximate surface area is 148 Å². The van der Waals surface area contributed by atoms with Crippen molar-refractivity contribution in [2.24, 2.45) is 5.11 Å². The van der Waals surface area contributed by atoms with Crippen LogP contribution in [0.25, 0.3) is 10.4 Å². The lowest BCUT2D eigenvalue weighted by molar-refractivity contribution is -0.139. The van der Waals surface area contributed by atoms with Gasteiger partial charge in [-0.3, -0.25) is 4.18 Å². The standard InChI is InChI=1S/C15H25N3O6S/c1-5-11(6-2)23-13-9-10(15(19)22-7-3)8-12(17-18-16)14(13)24-25(4,20)21/h9,11-14H,5-8H2,1-4H3/t12-,13-,14+/m0/s1. The molecule has 0 fully saturated rings. The van der Waals surface area contributed by atoms with E-state index in [1.54, 1.807) is 6.92 Å². The molecule has 0 aromatic heterocycles. The van der Waals surface area contributed by atoms with Gasteiger partial charge in [0.2, 0.25) is 0 Å². The molecule has 1 aliphatic rings. The zero-order chi connectivity index (χ0) is 19.0. The zero-order valence-corrected chi connectivity index (χ0v) is 15.7. The summed E-state index contributed by atoms with van der Waals surface area (Å²) < 4.78 is 39.3. The predicted molar refractivity (Wildman–Crippen MR) is 91.2 cm³/mol. The van der Waals surface area contributed by atoms with E-state index in [-0.39, 0.29) is 24.7 Å². The third-order valence-corrected chi connectivity index (χ3v) is 4.35. The van der Waals surface area contributed by atoms with Gasteiger partial charge in [-0.25, -0.2) is 4.79 Å². The first kappa shape index (κ1) is 21.4. The second-order valence-corrected chi connectivity index (χ2v) is 7.29. The van der Waals surface area contributed by atoms with E-state index in [9.17, 15) is 13.2 Å². The number of esters is 1. The maximum Gasteiger partial charge on any atom is 0.333 e. The SMILES string of the molecule is CCOC(=O)C1=C[C@H](OC(CC)CC)[C@H](OS(C)(=O)=O)[C@@H](N=[N+]=[N-])C1. The molecule has 3 atom stereocenters. The van der Waals surface area contributed by atoms with Gasteiger partial charge in [0, 0.05) is 10.5 Å². The van der Waals surface area contributed by atoms with Crippen LogP contribution < -0.4 is 0 Å². The van der Waals surface area contributed by atoms with Crippen molar-refractivity contribution in [3.8, 4) is 0 Å². The maximum absolute atomic E-state index is 12.1. The van der Waals surface area contributed by atoms with Gasteiger partial charge in [-0.2, -0.15) is 8.42 Å². The van der Waals surface area contributed by atoms with Crippen molar-refractivity contribution in [2.45, 2.75) is 64.4 Å². The van der Waals surface area contributed by atoms with Crippen LogP contribution in [0.15, 0.2) is 16.8 Å². The van der Waals surface area contributed by atoms with Crippen molar-refractivity contribution < 1.29 is 26.9 Å². The van der Waals surface area contributed by atoms with Crippen LogP contribution in [-0.2, 0) is 28.6 Å². The number of nitrogens with zero attached hydrogens (tertiary/aromatic N) is 3. The van der Waals surface area contributed by atoms with Crippen molar-refractivity contribution in [3.63, 3.8) is 0 Å². The lowest BCUT2D eigenvalue weighted by Gasteiger charge is -2.35. The van der Waals surface area contributed by atoms with Gasteiger partial charge in [0.05, 0.1) is 25.0 Å². The second-order valence-electron chi connectivity index (χ2n) is 5.69. The second kappa shape index (κ2) is 9.76. The highest BCUT2D eigenvalue weighted by molar-refractivity contribution is 7.86. The smallest absolute Gasteiger partial charge is 0.333 e. The topological polar surface area (TPSA) is 128 Å². The van der Waals surface area contributed by atoms with Crippen molar-refractivity contribution in [2.75, 3.05) is 12.9 Å². The Balaban J connectivity index is 3.26. The average Bonchev–Trinajstić information content (AvgIpc) is 2.54. The van der Waals surface area contributed by atoms with E-state index in [1.165, 1.54) is 6.08 Å². The van der Waals surface area contributed by atoms with E-state index in [2.05, 4.69) is 10.0 Å². The third-order valence-electron chi connectivity index (χ3n) is 3.78. The number of hydrogen-bond donors (Lipinski definition) is 0. The zero-order valence-electron chi connectivity index (χ0n) is 14.9.